The molecular formula is C39H78O4. The Labute approximate surface area is 270 Å². The molecule has 258 valence electrons. The smallest absolute Gasteiger partial charge is 0.306 e. The quantitative estimate of drug-likeness (QED) is 0.0593. The second-order valence-corrected chi connectivity index (χ2v) is 13.1. The number of carbonyl (C=O) groups excluding carboxylic acids is 1. The first kappa shape index (κ1) is 44.1. The summed E-state index contributed by atoms with van der Waals surface area (Å²) in [6, 6.07) is 0. The lowest BCUT2D eigenvalue weighted by Gasteiger charge is -2.08. The first-order valence-electron chi connectivity index (χ1n) is 19.3. The standard InChI is InChI=1S/C20H40O2.C19H38O2/c1-3-5-6-7-8-9-10-11-12-13-14-15-16-17-18-19(4-2)20(21)22;1-3-4-5-6-7-8-9-10-11-12-13-14-15-16-17-18-19(20)21-2/h19H,3-18H2,1-2H3,(H,21,22);3-18H2,1-2H3. The van der Waals surface area contributed by atoms with Crippen LogP contribution in [0.15, 0.2) is 0 Å². The first-order valence-corrected chi connectivity index (χ1v) is 19.3. The maximum absolute atomic E-state index is 10.9. The van der Waals surface area contributed by atoms with Gasteiger partial charge in [-0.25, -0.2) is 0 Å². The average molecular weight is 611 g/mol. The van der Waals surface area contributed by atoms with Gasteiger partial charge in [0.15, 0.2) is 0 Å². The Balaban J connectivity index is 0. The Hall–Kier alpha value is -1.06. The number of hydrogen-bond donors (Lipinski definition) is 1. The summed E-state index contributed by atoms with van der Waals surface area (Å²) in [6.45, 7) is 6.52. The lowest BCUT2D eigenvalue weighted by molar-refractivity contribution is -0.142. The van der Waals surface area contributed by atoms with E-state index in [4.69, 9.17) is 5.11 Å². The molecule has 0 aromatic carbocycles. The van der Waals surface area contributed by atoms with Crippen LogP contribution in [-0.2, 0) is 14.3 Å². The Kier molecular flexibility index (Phi) is 39.9. The summed E-state index contributed by atoms with van der Waals surface area (Å²) in [5, 5.41) is 8.98. The molecule has 0 fully saturated rings. The minimum absolute atomic E-state index is 0.0651. The molecule has 0 saturated heterocycles. The zero-order chi connectivity index (χ0) is 32.1. The SMILES string of the molecule is CCCCCCCCCCCCCCCCC(CC)C(=O)O.CCCCCCCCCCCCCCCCCC(=O)OC. The molecule has 0 radical (unpaired) electrons. The Morgan fingerprint density at radius 3 is 1.00 bits per heavy atom. The van der Waals surface area contributed by atoms with E-state index in [1.54, 1.807) is 0 Å². The molecular weight excluding hydrogens is 532 g/mol. The molecule has 1 unspecified atom stereocenters. The minimum atomic E-state index is -0.614. The van der Waals surface area contributed by atoms with Gasteiger partial charge in [0.25, 0.3) is 0 Å². The molecule has 4 heteroatoms. The van der Waals surface area contributed by atoms with Gasteiger partial charge in [-0.15, -0.1) is 0 Å². The molecule has 0 amide bonds. The lowest BCUT2D eigenvalue weighted by Crippen LogP contribution is -2.12. The number of rotatable bonds is 33. The van der Waals surface area contributed by atoms with Crippen LogP contribution in [-0.4, -0.2) is 24.2 Å². The second-order valence-electron chi connectivity index (χ2n) is 13.1. The van der Waals surface area contributed by atoms with Gasteiger partial charge in [-0.1, -0.05) is 201 Å². The zero-order valence-corrected chi connectivity index (χ0v) is 29.9. The molecule has 0 aliphatic heterocycles. The zero-order valence-electron chi connectivity index (χ0n) is 29.9. The Bertz CT molecular complexity index is 547. The predicted octanol–water partition coefficient (Wildman–Crippen LogP) is 13.4. The number of hydrogen-bond acceptors (Lipinski definition) is 3. The molecule has 0 heterocycles. The van der Waals surface area contributed by atoms with Crippen molar-refractivity contribution < 1.29 is 19.4 Å². The highest BCUT2D eigenvalue weighted by molar-refractivity contribution is 5.69. The molecule has 0 aromatic rings. The number of esters is 1. The number of carbonyl (C=O) groups is 2. The van der Waals surface area contributed by atoms with Crippen LogP contribution in [0.25, 0.3) is 0 Å². The van der Waals surface area contributed by atoms with Crippen LogP contribution < -0.4 is 0 Å². The summed E-state index contributed by atoms with van der Waals surface area (Å²) in [5.41, 5.74) is 0. The highest BCUT2D eigenvalue weighted by atomic mass is 16.5. The summed E-state index contributed by atoms with van der Waals surface area (Å²) in [4.78, 5) is 21.8. The van der Waals surface area contributed by atoms with Crippen LogP contribution in [0.1, 0.15) is 226 Å². The van der Waals surface area contributed by atoms with Crippen molar-refractivity contribution in [2.24, 2.45) is 5.92 Å². The minimum Gasteiger partial charge on any atom is -0.481 e. The van der Waals surface area contributed by atoms with E-state index < -0.39 is 5.97 Å². The molecule has 1 atom stereocenters. The van der Waals surface area contributed by atoms with Gasteiger partial charge in [0.05, 0.1) is 13.0 Å². The largest absolute Gasteiger partial charge is 0.481 e. The number of carboxylic acids is 1. The van der Waals surface area contributed by atoms with Crippen molar-refractivity contribution >= 4 is 11.9 Å². The predicted molar refractivity (Wildman–Crippen MR) is 188 cm³/mol. The summed E-state index contributed by atoms with van der Waals surface area (Å²) < 4.78 is 4.63. The average Bonchev–Trinajstić information content (AvgIpc) is 3.01. The molecule has 0 rings (SSSR count). The van der Waals surface area contributed by atoms with E-state index >= 15 is 0 Å². The van der Waals surface area contributed by atoms with E-state index in [-0.39, 0.29) is 11.9 Å². The molecule has 0 aliphatic rings. The molecule has 43 heavy (non-hydrogen) atoms. The van der Waals surface area contributed by atoms with E-state index in [1.165, 1.54) is 180 Å². The van der Waals surface area contributed by atoms with Gasteiger partial charge >= 0.3 is 11.9 Å². The third-order valence-corrected chi connectivity index (χ3v) is 8.96. The molecule has 0 spiro atoms. The Morgan fingerprint density at radius 1 is 0.465 bits per heavy atom. The Morgan fingerprint density at radius 2 is 0.744 bits per heavy atom. The van der Waals surface area contributed by atoms with Gasteiger partial charge in [-0.3, -0.25) is 9.59 Å². The van der Waals surface area contributed by atoms with Gasteiger partial charge in [-0.2, -0.15) is 0 Å². The third-order valence-electron chi connectivity index (χ3n) is 8.96. The monoisotopic (exact) mass is 611 g/mol. The van der Waals surface area contributed by atoms with Gasteiger partial charge in [0.1, 0.15) is 0 Å². The van der Waals surface area contributed by atoms with Crippen molar-refractivity contribution in [2.45, 2.75) is 226 Å². The van der Waals surface area contributed by atoms with Crippen molar-refractivity contribution in [2.75, 3.05) is 7.11 Å². The molecule has 0 aliphatic carbocycles. The van der Waals surface area contributed by atoms with Crippen LogP contribution in [0.3, 0.4) is 0 Å². The summed E-state index contributed by atoms with van der Waals surface area (Å²) in [5.74, 6) is -0.792. The van der Waals surface area contributed by atoms with Crippen LogP contribution in [0.4, 0.5) is 0 Å². The lowest BCUT2D eigenvalue weighted by atomic mass is 9.98. The maximum Gasteiger partial charge on any atom is 0.306 e. The number of carboxylic acid groups (broad SMARTS) is 1. The van der Waals surface area contributed by atoms with Gasteiger partial charge < -0.3 is 9.84 Å². The van der Waals surface area contributed by atoms with Gasteiger partial charge in [0, 0.05) is 6.42 Å². The third kappa shape index (κ3) is 38.9. The fraction of sp³-hybridized carbons (Fsp3) is 0.949. The van der Waals surface area contributed by atoms with Crippen LogP contribution in [0.5, 0.6) is 0 Å². The van der Waals surface area contributed by atoms with E-state index in [0.717, 1.165) is 25.7 Å². The van der Waals surface area contributed by atoms with Crippen molar-refractivity contribution in [3.8, 4) is 0 Å². The number of unbranched alkanes of at least 4 members (excludes halogenated alkanes) is 27. The van der Waals surface area contributed by atoms with Crippen molar-refractivity contribution in [3.63, 3.8) is 0 Å². The van der Waals surface area contributed by atoms with Crippen LogP contribution in [0.2, 0.25) is 0 Å². The van der Waals surface area contributed by atoms with E-state index in [0.29, 0.717) is 6.42 Å². The highest BCUT2D eigenvalue weighted by Crippen LogP contribution is 2.17. The number of aliphatic carboxylic acids is 1. The summed E-state index contributed by atoms with van der Waals surface area (Å²) >= 11 is 0. The number of ether oxygens (including phenoxy) is 1. The van der Waals surface area contributed by atoms with E-state index in [9.17, 15) is 9.59 Å². The molecule has 1 N–H and O–H groups in total. The van der Waals surface area contributed by atoms with Crippen molar-refractivity contribution in [1.82, 2.24) is 0 Å². The second kappa shape index (κ2) is 39.0. The van der Waals surface area contributed by atoms with Crippen LogP contribution in [0, 0.1) is 5.92 Å². The van der Waals surface area contributed by atoms with Gasteiger partial charge in [-0.05, 0) is 19.3 Å². The van der Waals surface area contributed by atoms with E-state index in [1.807, 2.05) is 6.92 Å². The molecule has 0 aromatic heterocycles. The molecule has 4 nitrogen and oxygen atoms in total. The highest BCUT2D eigenvalue weighted by Gasteiger charge is 2.13. The van der Waals surface area contributed by atoms with Crippen LogP contribution >= 0.6 is 0 Å². The molecule has 0 saturated carbocycles. The summed E-state index contributed by atoms with van der Waals surface area (Å²) in [6.07, 6.45) is 41.5. The first-order chi connectivity index (χ1) is 21.0. The number of methoxy groups -OCH3 is 1. The topological polar surface area (TPSA) is 63.6 Å². The fourth-order valence-electron chi connectivity index (χ4n) is 5.83. The van der Waals surface area contributed by atoms with Gasteiger partial charge in [0.2, 0.25) is 0 Å². The van der Waals surface area contributed by atoms with Crippen molar-refractivity contribution in [3.05, 3.63) is 0 Å². The fourth-order valence-corrected chi connectivity index (χ4v) is 5.83. The van der Waals surface area contributed by atoms with Crippen molar-refractivity contribution in [1.29, 1.82) is 0 Å². The molecule has 0 bridgehead atoms. The maximum atomic E-state index is 10.9. The normalized spacial score (nSPS) is 11.6. The van der Waals surface area contributed by atoms with E-state index in [2.05, 4.69) is 18.6 Å². The summed E-state index contributed by atoms with van der Waals surface area (Å²) in [7, 11) is 1.47.